The Morgan fingerprint density at radius 3 is 2.81 bits per heavy atom. The van der Waals surface area contributed by atoms with E-state index in [2.05, 4.69) is 10.3 Å². The minimum Gasteiger partial charge on any atom is -0.382 e. The van der Waals surface area contributed by atoms with Gasteiger partial charge in [-0.3, -0.25) is 4.79 Å². The summed E-state index contributed by atoms with van der Waals surface area (Å²) < 4.78 is 7.06. The first kappa shape index (κ1) is 12.8. The van der Waals surface area contributed by atoms with Crippen LogP contribution in [0.25, 0.3) is 0 Å². The molecule has 0 aromatic carbocycles. The Morgan fingerprint density at radius 2 is 2.25 bits per heavy atom. The lowest BCUT2D eigenvalue weighted by Gasteiger charge is -2.09. The Labute approximate surface area is 95.8 Å². The molecule has 90 valence electrons. The Morgan fingerprint density at radius 1 is 1.50 bits per heavy atom. The number of aldehydes is 1. The second kappa shape index (κ2) is 6.37. The predicted octanol–water partition coefficient (Wildman–Crippen LogP) is 1.64. The maximum absolute atomic E-state index is 10.8. The fourth-order valence-corrected chi connectivity index (χ4v) is 1.64. The monoisotopic (exact) mass is 225 g/mol. The summed E-state index contributed by atoms with van der Waals surface area (Å²) in [5.74, 6) is 0.252. The van der Waals surface area contributed by atoms with E-state index < -0.39 is 0 Å². The minimum atomic E-state index is 0.252. The van der Waals surface area contributed by atoms with Gasteiger partial charge in [0.2, 0.25) is 0 Å². The number of aryl methyl sites for hydroxylation is 1. The molecule has 0 aliphatic rings. The summed E-state index contributed by atoms with van der Waals surface area (Å²) in [6.45, 7) is 8.22. The molecule has 16 heavy (non-hydrogen) atoms. The molecule has 0 saturated heterocycles. The summed E-state index contributed by atoms with van der Waals surface area (Å²) in [6.07, 6.45) is 1.65. The van der Waals surface area contributed by atoms with Crippen molar-refractivity contribution < 1.29 is 9.53 Å². The Bertz CT molecular complexity index is 334. The molecule has 0 atom stereocenters. The average molecular weight is 225 g/mol. The topological polar surface area (TPSA) is 57.0 Å². The SMILES string of the molecule is CCOCCCn1nnc(C=O)c1C(C)C. The van der Waals surface area contributed by atoms with Gasteiger partial charge in [-0.2, -0.15) is 0 Å². The number of nitrogens with zero attached hydrogens (tertiary/aromatic N) is 3. The quantitative estimate of drug-likeness (QED) is 0.523. The van der Waals surface area contributed by atoms with Gasteiger partial charge in [0.15, 0.2) is 6.29 Å². The lowest BCUT2D eigenvalue weighted by molar-refractivity contribution is 0.111. The zero-order valence-electron chi connectivity index (χ0n) is 10.1. The molecule has 1 aromatic heterocycles. The van der Waals surface area contributed by atoms with Crippen molar-refractivity contribution in [1.29, 1.82) is 0 Å². The molecule has 0 amide bonds. The van der Waals surface area contributed by atoms with E-state index in [1.165, 1.54) is 0 Å². The minimum absolute atomic E-state index is 0.252. The number of carbonyl (C=O) groups is 1. The van der Waals surface area contributed by atoms with Crippen molar-refractivity contribution in [2.24, 2.45) is 0 Å². The van der Waals surface area contributed by atoms with Crippen LogP contribution in [-0.2, 0) is 11.3 Å². The lowest BCUT2D eigenvalue weighted by Crippen LogP contribution is -2.09. The van der Waals surface area contributed by atoms with Crippen LogP contribution in [0.5, 0.6) is 0 Å². The zero-order chi connectivity index (χ0) is 12.0. The molecule has 1 heterocycles. The predicted molar refractivity (Wildman–Crippen MR) is 60.6 cm³/mol. The molecule has 1 aromatic rings. The summed E-state index contributed by atoms with van der Waals surface area (Å²) >= 11 is 0. The van der Waals surface area contributed by atoms with Crippen LogP contribution < -0.4 is 0 Å². The highest BCUT2D eigenvalue weighted by Crippen LogP contribution is 2.16. The average Bonchev–Trinajstić information content (AvgIpc) is 2.67. The standard InChI is InChI=1S/C11H19N3O2/c1-4-16-7-5-6-14-11(9(2)3)10(8-15)12-13-14/h8-9H,4-7H2,1-3H3. The normalized spacial score (nSPS) is 11.0. The first-order chi connectivity index (χ1) is 7.70. The highest BCUT2D eigenvalue weighted by atomic mass is 16.5. The van der Waals surface area contributed by atoms with E-state index in [4.69, 9.17) is 4.74 Å². The second-order valence-corrected chi connectivity index (χ2v) is 3.91. The van der Waals surface area contributed by atoms with E-state index in [-0.39, 0.29) is 5.92 Å². The number of carbonyl (C=O) groups excluding carboxylic acids is 1. The number of ether oxygens (including phenoxy) is 1. The van der Waals surface area contributed by atoms with Crippen molar-refractivity contribution in [3.63, 3.8) is 0 Å². The molecule has 0 aliphatic carbocycles. The Kier molecular flexibility index (Phi) is 5.11. The summed E-state index contributed by atoms with van der Waals surface area (Å²) in [5.41, 5.74) is 1.36. The summed E-state index contributed by atoms with van der Waals surface area (Å²) in [7, 11) is 0. The van der Waals surface area contributed by atoms with Gasteiger partial charge in [-0.1, -0.05) is 19.1 Å². The summed E-state index contributed by atoms with van der Waals surface area (Å²) in [6, 6.07) is 0. The van der Waals surface area contributed by atoms with Gasteiger partial charge in [0.1, 0.15) is 5.69 Å². The third-order valence-electron chi connectivity index (χ3n) is 2.32. The molecule has 1 rings (SSSR count). The molecular weight excluding hydrogens is 206 g/mol. The number of rotatable bonds is 7. The van der Waals surface area contributed by atoms with Crippen molar-refractivity contribution in [3.05, 3.63) is 11.4 Å². The lowest BCUT2D eigenvalue weighted by atomic mass is 10.1. The molecule has 0 saturated carbocycles. The maximum atomic E-state index is 10.8. The van der Waals surface area contributed by atoms with E-state index in [1.54, 1.807) is 4.68 Å². The number of hydrogen-bond donors (Lipinski definition) is 0. The van der Waals surface area contributed by atoms with Crippen LogP contribution in [0.2, 0.25) is 0 Å². The van der Waals surface area contributed by atoms with Crippen molar-refractivity contribution in [1.82, 2.24) is 15.0 Å². The van der Waals surface area contributed by atoms with Crippen LogP contribution in [0.15, 0.2) is 0 Å². The molecule has 5 heteroatoms. The third-order valence-corrected chi connectivity index (χ3v) is 2.32. The number of aromatic nitrogens is 3. The van der Waals surface area contributed by atoms with Crippen LogP contribution >= 0.6 is 0 Å². The van der Waals surface area contributed by atoms with Crippen LogP contribution in [0.3, 0.4) is 0 Å². The van der Waals surface area contributed by atoms with Gasteiger partial charge in [0, 0.05) is 19.8 Å². The highest BCUT2D eigenvalue weighted by molar-refractivity contribution is 5.73. The van der Waals surface area contributed by atoms with Gasteiger partial charge in [0.05, 0.1) is 5.69 Å². The molecule has 5 nitrogen and oxygen atoms in total. The summed E-state index contributed by atoms with van der Waals surface area (Å²) in [4.78, 5) is 10.8. The molecule has 0 spiro atoms. The summed E-state index contributed by atoms with van der Waals surface area (Å²) in [5, 5.41) is 7.84. The number of hydrogen-bond acceptors (Lipinski definition) is 4. The van der Waals surface area contributed by atoms with Crippen molar-refractivity contribution in [2.45, 2.75) is 39.7 Å². The smallest absolute Gasteiger partial charge is 0.172 e. The van der Waals surface area contributed by atoms with E-state index in [0.29, 0.717) is 12.3 Å². The molecule has 0 aliphatic heterocycles. The van der Waals surface area contributed by atoms with Gasteiger partial charge in [-0.25, -0.2) is 4.68 Å². The third kappa shape index (κ3) is 3.13. The van der Waals surface area contributed by atoms with Gasteiger partial charge < -0.3 is 4.74 Å². The maximum Gasteiger partial charge on any atom is 0.172 e. The molecule has 0 radical (unpaired) electrons. The van der Waals surface area contributed by atoms with Gasteiger partial charge in [-0.05, 0) is 19.3 Å². The van der Waals surface area contributed by atoms with E-state index in [9.17, 15) is 4.79 Å². The van der Waals surface area contributed by atoms with Crippen LogP contribution in [0.1, 0.15) is 49.3 Å². The van der Waals surface area contributed by atoms with Gasteiger partial charge in [-0.15, -0.1) is 5.10 Å². The Hall–Kier alpha value is -1.23. The largest absolute Gasteiger partial charge is 0.382 e. The van der Waals surface area contributed by atoms with Gasteiger partial charge in [0.25, 0.3) is 0 Å². The van der Waals surface area contributed by atoms with E-state index in [0.717, 1.165) is 31.6 Å². The molecule has 0 bridgehead atoms. The van der Waals surface area contributed by atoms with Crippen LogP contribution in [0, 0.1) is 0 Å². The van der Waals surface area contributed by atoms with Crippen LogP contribution in [-0.4, -0.2) is 34.5 Å². The zero-order valence-corrected chi connectivity index (χ0v) is 10.1. The molecular formula is C11H19N3O2. The first-order valence-corrected chi connectivity index (χ1v) is 5.67. The molecule has 0 fully saturated rings. The molecule has 0 N–H and O–H groups in total. The second-order valence-electron chi connectivity index (χ2n) is 3.91. The highest BCUT2D eigenvalue weighted by Gasteiger charge is 2.14. The molecule has 0 unspecified atom stereocenters. The Balaban J connectivity index is 2.64. The fourth-order valence-electron chi connectivity index (χ4n) is 1.64. The van der Waals surface area contributed by atoms with E-state index in [1.807, 2.05) is 20.8 Å². The van der Waals surface area contributed by atoms with Gasteiger partial charge >= 0.3 is 0 Å². The fraction of sp³-hybridized carbons (Fsp3) is 0.727. The van der Waals surface area contributed by atoms with Crippen molar-refractivity contribution >= 4 is 6.29 Å². The first-order valence-electron chi connectivity index (χ1n) is 5.67. The van der Waals surface area contributed by atoms with E-state index >= 15 is 0 Å². The van der Waals surface area contributed by atoms with Crippen molar-refractivity contribution in [3.8, 4) is 0 Å². The van der Waals surface area contributed by atoms with Crippen molar-refractivity contribution in [2.75, 3.05) is 13.2 Å². The van der Waals surface area contributed by atoms with Crippen LogP contribution in [0.4, 0.5) is 0 Å².